The average Bonchev–Trinajstić information content (AvgIpc) is 3.11. The summed E-state index contributed by atoms with van der Waals surface area (Å²) in [6, 6.07) is 13.8. The fraction of sp³-hybridized carbons (Fsp3) is 0.143. The molecular weight excluding hydrogens is 374 g/mol. The normalized spacial score (nSPS) is 11.2. The Morgan fingerprint density at radius 1 is 1.10 bits per heavy atom. The quantitative estimate of drug-likeness (QED) is 0.171. The lowest BCUT2D eigenvalue weighted by atomic mass is 9.96. The molecule has 3 aromatic rings. The zero-order valence-corrected chi connectivity index (χ0v) is 16.1. The SMILES string of the molecule is COc1cc(/C(=N\N)C(=O)c2c(-c3ccccc3)noc2C)ccc1OC(C)=O. The van der Waals surface area contributed by atoms with Gasteiger partial charge in [0.15, 0.2) is 11.5 Å². The van der Waals surface area contributed by atoms with Gasteiger partial charge in [-0.05, 0) is 25.1 Å². The molecule has 8 heteroatoms. The van der Waals surface area contributed by atoms with Gasteiger partial charge in [-0.3, -0.25) is 9.59 Å². The van der Waals surface area contributed by atoms with Crippen molar-refractivity contribution in [2.45, 2.75) is 13.8 Å². The highest BCUT2D eigenvalue weighted by Gasteiger charge is 2.27. The zero-order chi connectivity index (χ0) is 21.0. The lowest BCUT2D eigenvalue weighted by Gasteiger charge is -2.11. The van der Waals surface area contributed by atoms with E-state index in [1.54, 1.807) is 13.0 Å². The molecule has 8 nitrogen and oxygen atoms in total. The number of hydrogen-bond acceptors (Lipinski definition) is 8. The van der Waals surface area contributed by atoms with Crippen LogP contribution in [0.25, 0.3) is 11.3 Å². The minimum absolute atomic E-state index is 0.0128. The summed E-state index contributed by atoms with van der Waals surface area (Å²) in [5, 5.41) is 7.71. The molecule has 1 aromatic heterocycles. The highest BCUT2D eigenvalue weighted by atomic mass is 16.6. The Kier molecular flexibility index (Phi) is 5.73. The second-order valence-electron chi connectivity index (χ2n) is 6.09. The summed E-state index contributed by atoms with van der Waals surface area (Å²) in [5.41, 5.74) is 1.78. The van der Waals surface area contributed by atoms with E-state index in [0.29, 0.717) is 17.0 Å². The summed E-state index contributed by atoms with van der Waals surface area (Å²) in [4.78, 5) is 24.5. The number of nitrogens with zero attached hydrogens (tertiary/aromatic N) is 2. The van der Waals surface area contributed by atoms with E-state index in [2.05, 4.69) is 10.3 Å². The van der Waals surface area contributed by atoms with Gasteiger partial charge in [-0.1, -0.05) is 35.5 Å². The third kappa shape index (κ3) is 4.01. The number of Topliss-reactive ketones (excluding diaryl/α,β-unsaturated/α-hetero) is 1. The average molecular weight is 393 g/mol. The first-order valence-corrected chi connectivity index (χ1v) is 8.67. The molecule has 0 saturated heterocycles. The monoisotopic (exact) mass is 393 g/mol. The second kappa shape index (κ2) is 8.39. The van der Waals surface area contributed by atoms with Gasteiger partial charge in [0.05, 0.1) is 12.7 Å². The number of ketones is 1. The maximum atomic E-state index is 13.3. The molecule has 2 aromatic carbocycles. The molecule has 1 heterocycles. The molecule has 0 aliphatic heterocycles. The van der Waals surface area contributed by atoms with Crippen molar-refractivity contribution in [1.82, 2.24) is 5.16 Å². The van der Waals surface area contributed by atoms with Crippen molar-refractivity contribution >= 4 is 17.5 Å². The van der Waals surface area contributed by atoms with E-state index in [1.165, 1.54) is 26.2 Å². The number of rotatable bonds is 6. The van der Waals surface area contributed by atoms with E-state index in [1.807, 2.05) is 30.3 Å². The summed E-state index contributed by atoms with van der Waals surface area (Å²) in [7, 11) is 1.42. The molecular formula is C21H19N3O5. The lowest BCUT2D eigenvalue weighted by Crippen LogP contribution is -2.19. The van der Waals surface area contributed by atoms with Gasteiger partial charge in [0, 0.05) is 18.1 Å². The number of aromatic nitrogens is 1. The molecule has 2 N–H and O–H groups in total. The fourth-order valence-corrected chi connectivity index (χ4v) is 2.87. The Balaban J connectivity index is 2.04. The topological polar surface area (TPSA) is 117 Å². The van der Waals surface area contributed by atoms with Crippen LogP contribution in [0.4, 0.5) is 0 Å². The molecule has 3 rings (SSSR count). The van der Waals surface area contributed by atoms with E-state index in [-0.39, 0.29) is 22.8 Å². The Morgan fingerprint density at radius 3 is 2.45 bits per heavy atom. The summed E-state index contributed by atoms with van der Waals surface area (Å²) in [6.45, 7) is 2.93. The van der Waals surface area contributed by atoms with Crippen molar-refractivity contribution in [2.24, 2.45) is 10.9 Å². The molecule has 148 valence electrons. The molecule has 0 aliphatic carbocycles. The predicted molar refractivity (Wildman–Crippen MR) is 106 cm³/mol. The first-order chi connectivity index (χ1) is 14.0. The van der Waals surface area contributed by atoms with Crippen LogP contribution >= 0.6 is 0 Å². The van der Waals surface area contributed by atoms with Gasteiger partial charge in [0.1, 0.15) is 17.2 Å². The molecule has 0 aliphatic rings. The van der Waals surface area contributed by atoms with Crippen LogP contribution in [0, 0.1) is 6.92 Å². The number of carbonyl (C=O) groups excluding carboxylic acids is 2. The van der Waals surface area contributed by atoms with Crippen LogP contribution in [0.5, 0.6) is 11.5 Å². The van der Waals surface area contributed by atoms with E-state index < -0.39 is 11.8 Å². The van der Waals surface area contributed by atoms with Gasteiger partial charge in [0.2, 0.25) is 5.78 Å². The number of benzene rings is 2. The molecule has 0 saturated carbocycles. The molecule has 0 atom stereocenters. The van der Waals surface area contributed by atoms with Crippen molar-refractivity contribution in [2.75, 3.05) is 7.11 Å². The Morgan fingerprint density at radius 2 is 1.83 bits per heavy atom. The van der Waals surface area contributed by atoms with Gasteiger partial charge in [0.25, 0.3) is 0 Å². The highest BCUT2D eigenvalue weighted by molar-refractivity contribution is 6.52. The van der Waals surface area contributed by atoms with E-state index in [4.69, 9.17) is 19.8 Å². The van der Waals surface area contributed by atoms with E-state index >= 15 is 0 Å². The van der Waals surface area contributed by atoms with Crippen LogP contribution in [0.15, 0.2) is 58.2 Å². The van der Waals surface area contributed by atoms with Crippen LogP contribution < -0.4 is 15.3 Å². The van der Waals surface area contributed by atoms with Crippen molar-refractivity contribution in [3.05, 3.63) is 65.4 Å². The number of hydrogen-bond donors (Lipinski definition) is 1. The second-order valence-corrected chi connectivity index (χ2v) is 6.09. The zero-order valence-electron chi connectivity index (χ0n) is 16.1. The van der Waals surface area contributed by atoms with Crippen LogP contribution in [0.3, 0.4) is 0 Å². The van der Waals surface area contributed by atoms with Crippen molar-refractivity contribution in [3.63, 3.8) is 0 Å². The Bertz CT molecular complexity index is 1090. The fourth-order valence-electron chi connectivity index (χ4n) is 2.87. The Hall–Kier alpha value is -3.94. The lowest BCUT2D eigenvalue weighted by molar-refractivity contribution is -0.132. The minimum atomic E-state index is -0.493. The number of nitrogens with two attached hydrogens (primary N) is 1. The summed E-state index contributed by atoms with van der Waals surface area (Å²) < 4.78 is 15.6. The molecule has 0 unspecified atom stereocenters. The molecule has 0 amide bonds. The van der Waals surface area contributed by atoms with Gasteiger partial charge in [-0.2, -0.15) is 5.10 Å². The van der Waals surface area contributed by atoms with Crippen molar-refractivity contribution < 1.29 is 23.6 Å². The molecule has 0 spiro atoms. The highest BCUT2D eigenvalue weighted by Crippen LogP contribution is 2.30. The minimum Gasteiger partial charge on any atom is -0.493 e. The van der Waals surface area contributed by atoms with E-state index in [9.17, 15) is 9.59 Å². The third-order valence-corrected chi connectivity index (χ3v) is 4.17. The maximum absolute atomic E-state index is 13.3. The van der Waals surface area contributed by atoms with Gasteiger partial charge < -0.3 is 19.8 Å². The van der Waals surface area contributed by atoms with Crippen molar-refractivity contribution in [1.29, 1.82) is 0 Å². The summed E-state index contributed by atoms with van der Waals surface area (Å²) in [5.74, 6) is 5.43. The summed E-state index contributed by atoms with van der Waals surface area (Å²) in [6.07, 6.45) is 0. The van der Waals surface area contributed by atoms with Crippen LogP contribution in [0.1, 0.15) is 28.6 Å². The molecule has 0 radical (unpaired) electrons. The van der Waals surface area contributed by atoms with Gasteiger partial charge in [-0.25, -0.2) is 0 Å². The third-order valence-electron chi connectivity index (χ3n) is 4.17. The van der Waals surface area contributed by atoms with Crippen LogP contribution in [-0.4, -0.2) is 29.7 Å². The van der Waals surface area contributed by atoms with Crippen LogP contribution in [0.2, 0.25) is 0 Å². The smallest absolute Gasteiger partial charge is 0.308 e. The van der Waals surface area contributed by atoms with Gasteiger partial charge >= 0.3 is 5.97 Å². The molecule has 0 fully saturated rings. The molecule has 0 bridgehead atoms. The number of carbonyl (C=O) groups is 2. The summed E-state index contributed by atoms with van der Waals surface area (Å²) >= 11 is 0. The van der Waals surface area contributed by atoms with Crippen LogP contribution in [-0.2, 0) is 4.79 Å². The predicted octanol–water partition coefficient (Wildman–Crippen LogP) is 3.13. The number of esters is 1. The van der Waals surface area contributed by atoms with Gasteiger partial charge in [-0.15, -0.1) is 0 Å². The standard InChI is InChI=1S/C21H19N3O5/c1-12-18(19(24-29-12)14-7-5-4-6-8-14)21(26)20(23-22)15-9-10-16(28-13(2)25)17(11-15)27-3/h4-11H,22H2,1-3H3/b23-20+. The number of aryl methyl sites for hydroxylation is 1. The number of hydrazone groups is 1. The first-order valence-electron chi connectivity index (χ1n) is 8.67. The largest absolute Gasteiger partial charge is 0.493 e. The maximum Gasteiger partial charge on any atom is 0.308 e. The van der Waals surface area contributed by atoms with Crippen molar-refractivity contribution in [3.8, 4) is 22.8 Å². The number of ether oxygens (including phenoxy) is 2. The molecule has 29 heavy (non-hydrogen) atoms. The van der Waals surface area contributed by atoms with E-state index in [0.717, 1.165) is 5.56 Å². The Labute approximate surface area is 166 Å². The first kappa shape index (κ1) is 19.8. The number of methoxy groups -OCH3 is 1.